The molecule has 0 bridgehead atoms. The third-order valence-electron chi connectivity index (χ3n) is 3.86. The molecule has 2 N–H and O–H groups in total. The zero-order valence-corrected chi connectivity index (χ0v) is 16.1. The predicted molar refractivity (Wildman–Crippen MR) is 100 cm³/mol. The minimum atomic E-state index is -0.543. The monoisotopic (exact) mass is 414 g/mol. The number of thioether (sulfide) groups is 1. The molecule has 0 radical (unpaired) electrons. The summed E-state index contributed by atoms with van der Waals surface area (Å²) in [6.07, 6.45) is 4.44. The second-order valence-electron chi connectivity index (χ2n) is 5.71. The highest BCUT2D eigenvalue weighted by Crippen LogP contribution is 2.16. The Kier molecular flexibility index (Phi) is 8.08. The molecule has 5 nitrogen and oxygen atoms in total. The van der Waals surface area contributed by atoms with Crippen LogP contribution in [0.2, 0.25) is 0 Å². The van der Waals surface area contributed by atoms with Gasteiger partial charge in [-0.1, -0.05) is 12.1 Å². The van der Waals surface area contributed by atoms with E-state index in [2.05, 4.69) is 26.6 Å². The maximum Gasteiger partial charge on any atom is 0.253 e. The van der Waals surface area contributed by atoms with Gasteiger partial charge in [0.25, 0.3) is 5.91 Å². The minimum absolute atomic E-state index is 0.0309. The third-order valence-corrected chi connectivity index (χ3v) is 5.19. The second-order valence-corrected chi connectivity index (χ2v) is 7.55. The SMILES string of the molecule is CSCCC(NC(=O)c1ccccc1Br)C(=O)NC1CCCOC1. The molecule has 2 atom stereocenters. The highest BCUT2D eigenvalue weighted by atomic mass is 79.9. The molecule has 7 heteroatoms. The number of carbonyl (C=O) groups excluding carboxylic acids is 2. The Hall–Kier alpha value is -1.05. The van der Waals surface area contributed by atoms with E-state index in [0.29, 0.717) is 23.1 Å². The zero-order valence-electron chi connectivity index (χ0n) is 13.7. The summed E-state index contributed by atoms with van der Waals surface area (Å²) in [4.78, 5) is 25.0. The fraction of sp³-hybridized carbons (Fsp3) is 0.529. The summed E-state index contributed by atoms with van der Waals surface area (Å²) in [5, 5.41) is 5.86. The van der Waals surface area contributed by atoms with E-state index in [0.717, 1.165) is 25.2 Å². The molecule has 0 aromatic heterocycles. The van der Waals surface area contributed by atoms with Crippen molar-refractivity contribution >= 4 is 39.5 Å². The van der Waals surface area contributed by atoms with Crippen LogP contribution in [-0.4, -0.2) is 49.1 Å². The first kappa shape index (κ1) is 19.3. The molecule has 24 heavy (non-hydrogen) atoms. The number of hydrogen-bond acceptors (Lipinski definition) is 4. The summed E-state index contributed by atoms with van der Waals surface area (Å²) in [6.45, 7) is 1.29. The maximum atomic E-state index is 12.6. The van der Waals surface area contributed by atoms with Gasteiger partial charge in [-0.3, -0.25) is 9.59 Å². The molecule has 1 saturated heterocycles. The Morgan fingerprint density at radius 2 is 2.21 bits per heavy atom. The maximum absolute atomic E-state index is 12.6. The quantitative estimate of drug-likeness (QED) is 0.719. The number of nitrogens with one attached hydrogen (secondary N) is 2. The first-order valence-corrected chi connectivity index (χ1v) is 10.2. The molecule has 1 fully saturated rings. The first-order chi connectivity index (χ1) is 11.6. The Bertz CT molecular complexity index is 565. The number of benzene rings is 1. The van der Waals surface area contributed by atoms with E-state index < -0.39 is 6.04 Å². The lowest BCUT2D eigenvalue weighted by Gasteiger charge is -2.26. The van der Waals surface area contributed by atoms with Gasteiger partial charge in [-0.2, -0.15) is 11.8 Å². The lowest BCUT2D eigenvalue weighted by atomic mass is 10.1. The fourth-order valence-corrected chi connectivity index (χ4v) is 3.48. The molecule has 1 aromatic carbocycles. The van der Waals surface area contributed by atoms with Crippen LogP contribution in [0.1, 0.15) is 29.6 Å². The van der Waals surface area contributed by atoms with Gasteiger partial charge in [0.15, 0.2) is 0 Å². The summed E-state index contributed by atoms with van der Waals surface area (Å²) < 4.78 is 6.11. The Morgan fingerprint density at radius 3 is 2.88 bits per heavy atom. The van der Waals surface area contributed by atoms with E-state index in [-0.39, 0.29) is 17.9 Å². The summed E-state index contributed by atoms with van der Waals surface area (Å²) in [7, 11) is 0. The van der Waals surface area contributed by atoms with Crippen LogP contribution in [-0.2, 0) is 9.53 Å². The van der Waals surface area contributed by atoms with E-state index in [9.17, 15) is 9.59 Å². The number of rotatable bonds is 7. The molecule has 1 aliphatic rings. The van der Waals surface area contributed by atoms with E-state index in [1.165, 1.54) is 0 Å². The molecule has 1 aromatic rings. The van der Waals surface area contributed by atoms with Crippen LogP contribution in [0.5, 0.6) is 0 Å². The van der Waals surface area contributed by atoms with E-state index in [4.69, 9.17) is 4.74 Å². The van der Waals surface area contributed by atoms with Crippen LogP contribution in [0.4, 0.5) is 0 Å². The molecule has 132 valence electrons. The van der Waals surface area contributed by atoms with Crippen molar-refractivity contribution in [3.63, 3.8) is 0 Å². The Balaban J connectivity index is 1.99. The average molecular weight is 415 g/mol. The third kappa shape index (κ3) is 5.79. The lowest BCUT2D eigenvalue weighted by molar-refractivity contribution is -0.124. The van der Waals surface area contributed by atoms with Crippen LogP contribution in [0.15, 0.2) is 28.7 Å². The predicted octanol–water partition coefficient (Wildman–Crippen LogP) is 2.60. The minimum Gasteiger partial charge on any atom is -0.379 e. The summed E-state index contributed by atoms with van der Waals surface area (Å²) in [5.74, 6) is 0.416. The first-order valence-electron chi connectivity index (χ1n) is 8.04. The van der Waals surface area contributed by atoms with Crippen LogP contribution in [0, 0.1) is 0 Å². The molecule has 2 amide bonds. The normalized spacial score (nSPS) is 18.7. The summed E-state index contributed by atoms with van der Waals surface area (Å²) in [5.41, 5.74) is 0.528. The van der Waals surface area contributed by atoms with E-state index >= 15 is 0 Å². The molecule has 0 spiro atoms. The van der Waals surface area contributed by atoms with Crippen LogP contribution in [0.25, 0.3) is 0 Å². The van der Waals surface area contributed by atoms with Gasteiger partial charge >= 0.3 is 0 Å². The molecule has 1 heterocycles. The average Bonchev–Trinajstić information content (AvgIpc) is 2.59. The highest BCUT2D eigenvalue weighted by molar-refractivity contribution is 9.10. The van der Waals surface area contributed by atoms with Crippen molar-refractivity contribution in [1.82, 2.24) is 10.6 Å². The second kappa shape index (κ2) is 10.1. The van der Waals surface area contributed by atoms with Gasteiger partial charge in [-0.25, -0.2) is 0 Å². The standard InChI is InChI=1S/C17H23BrN2O3S/c1-24-10-8-15(17(22)19-12-5-4-9-23-11-12)20-16(21)13-6-2-3-7-14(13)18/h2-3,6-7,12,15H,4-5,8-11H2,1H3,(H,19,22)(H,20,21). The van der Waals surface area contributed by atoms with Crippen molar-refractivity contribution in [1.29, 1.82) is 0 Å². The molecule has 2 rings (SSSR count). The van der Waals surface area contributed by atoms with Crippen molar-refractivity contribution in [3.8, 4) is 0 Å². The molecule has 1 aliphatic heterocycles. The highest BCUT2D eigenvalue weighted by Gasteiger charge is 2.25. The number of hydrogen-bond donors (Lipinski definition) is 2. The van der Waals surface area contributed by atoms with E-state index in [1.54, 1.807) is 23.9 Å². The molecule has 0 saturated carbocycles. The molecular formula is C17H23BrN2O3S. The van der Waals surface area contributed by atoms with Crippen molar-refractivity contribution in [2.45, 2.75) is 31.3 Å². The fourth-order valence-electron chi connectivity index (χ4n) is 2.54. The smallest absolute Gasteiger partial charge is 0.253 e. The van der Waals surface area contributed by atoms with Crippen LogP contribution >= 0.6 is 27.7 Å². The summed E-state index contributed by atoms with van der Waals surface area (Å²) in [6, 6.07) is 6.68. The lowest BCUT2D eigenvalue weighted by Crippen LogP contribution is -2.51. The number of carbonyl (C=O) groups is 2. The van der Waals surface area contributed by atoms with Gasteiger partial charge in [0.05, 0.1) is 18.2 Å². The largest absolute Gasteiger partial charge is 0.379 e. The molecule has 2 unspecified atom stereocenters. The van der Waals surface area contributed by atoms with Crippen LogP contribution in [0.3, 0.4) is 0 Å². The number of amides is 2. The number of halogens is 1. The van der Waals surface area contributed by atoms with Gasteiger partial charge in [0.2, 0.25) is 5.91 Å². The Labute approximate surface area is 155 Å². The Morgan fingerprint density at radius 1 is 1.42 bits per heavy atom. The zero-order chi connectivity index (χ0) is 17.4. The van der Waals surface area contributed by atoms with E-state index in [1.807, 2.05) is 18.4 Å². The van der Waals surface area contributed by atoms with Gasteiger partial charge < -0.3 is 15.4 Å². The van der Waals surface area contributed by atoms with Crippen molar-refractivity contribution in [2.75, 3.05) is 25.2 Å². The summed E-state index contributed by atoms with van der Waals surface area (Å²) >= 11 is 5.03. The topological polar surface area (TPSA) is 67.4 Å². The van der Waals surface area contributed by atoms with Gasteiger partial charge in [0, 0.05) is 11.1 Å². The van der Waals surface area contributed by atoms with Crippen LogP contribution < -0.4 is 10.6 Å². The van der Waals surface area contributed by atoms with Gasteiger partial charge in [-0.15, -0.1) is 0 Å². The molecule has 0 aliphatic carbocycles. The molecular weight excluding hydrogens is 392 g/mol. The van der Waals surface area contributed by atoms with Gasteiger partial charge in [-0.05, 0) is 59.3 Å². The van der Waals surface area contributed by atoms with Crippen molar-refractivity contribution in [2.24, 2.45) is 0 Å². The van der Waals surface area contributed by atoms with Gasteiger partial charge in [0.1, 0.15) is 6.04 Å². The number of ether oxygens (including phenoxy) is 1. The van der Waals surface area contributed by atoms with Crippen molar-refractivity contribution in [3.05, 3.63) is 34.3 Å². The van der Waals surface area contributed by atoms with Crippen molar-refractivity contribution < 1.29 is 14.3 Å².